The van der Waals surface area contributed by atoms with Gasteiger partial charge in [0.1, 0.15) is 24.4 Å². The van der Waals surface area contributed by atoms with Crippen molar-refractivity contribution in [3.05, 3.63) is 83.2 Å². The standard InChI is InChI=1S/C22H16N6O4/c23-8-14-1-3-17(4-2-14)32-6-5-28-21(30)18-7-16(12-26-19(18)22(28)31)20(29)27-11-15-9-24-13-25-10-15/h1-4,7,9-10,12-13H,5-6,11H2,(H,27,29). The fourth-order valence-electron chi connectivity index (χ4n) is 3.08. The Morgan fingerprint density at radius 1 is 1.09 bits per heavy atom. The van der Waals surface area contributed by atoms with Crippen molar-refractivity contribution in [3.63, 3.8) is 0 Å². The Labute approximate surface area is 182 Å². The summed E-state index contributed by atoms with van der Waals surface area (Å²) >= 11 is 0. The van der Waals surface area contributed by atoms with Crippen molar-refractivity contribution in [3.8, 4) is 11.8 Å². The molecule has 0 aliphatic carbocycles. The number of nitrogens with one attached hydrogen (secondary N) is 1. The third kappa shape index (κ3) is 4.27. The lowest BCUT2D eigenvalue weighted by molar-refractivity contribution is 0.0629. The average molecular weight is 428 g/mol. The number of hydrogen-bond donors (Lipinski definition) is 1. The maximum absolute atomic E-state index is 12.7. The minimum atomic E-state index is -0.540. The zero-order valence-corrected chi connectivity index (χ0v) is 16.7. The van der Waals surface area contributed by atoms with Gasteiger partial charge in [-0.15, -0.1) is 0 Å². The maximum Gasteiger partial charge on any atom is 0.280 e. The normalized spacial score (nSPS) is 12.3. The second kappa shape index (κ2) is 9.01. The minimum Gasteiger partial charge on any atom is -0.492 e. The van der Waals surface area contributed by atoms with Crippen molar-refractivity contribution < 1.29 is 19.1 Å². The van der Waals surface area contributed by atoms with Gasteiger partial charge in [0, 0.05) is 30.7 Å². The molecular formula is C22H16N6O4. The Bertz CT molecular complexity index is 1220. The monoisotopic (exact) mass is 428 g/mol. The van der Waals surface area contributed by atoms with E-state index in [1.165, 1.54) is 18.6 Å². The van der Waals surface area contributed by atoms with Crippen LogP contribution in [0.1, 0.15) is 42.3 Å². The largest absolute Gasteiger partial charge is 0.492 e. The zero-order valence-electron chi connectivity index (χ0n) is 16.7. The van der Waals surface area contributed by atoms with E-state index in [9.17, 15) is 14.4 Å². The molecule has 0 spiro atoms. The number of hydrogen-bond acceptors (Lipinski definition) is 8. The van der Waals surface area contributed by atoms with E-state index in [1.54, 1.807) is 36.7 Å². The first-order valence-corrected chi connectivity index (χ1v) is 9.58. The quantitative estimate of drug-likeness (QED) is 0.557. The molecule has 4 rings (SSSR count). The lowest BCUT2D eigenvalue weighted by Crippen LogP contribution is -2.33. The number of rotatable bonds is 7. The number of nitrogens with zero attached hydrogens (tertiary/aromatic N) is 5. The highest BCUT2D eigenvalue weighted by Gasteiger charge is 2.37. The Morgan fingerprint density at radius 2 is 1.84 bits per heavy atom. The molecule has 10 nitrogen and oxygen atoms in total. The van der Waals surface area contributed by atoms with E-state index in [-0.39, 0.29) is 36.5 Å². The van der Waals surface area contributed by atoms with Gasteiger partial charge in [-0.25, -0.2) is 15.0 Å². The summed E-state index contributed by atoms with van der Waals surface area (Å²) in [5, 5.41) is 11.5. The maximum atomic E-state index is 12.7. The van der Waals surface area contributed by atoms with Gasteiger partial charge < -0.3 is 10.1 Å². The van der Waals surface area contributed by atoms with E-state index in [2.05, 4.69) is 20.3 Å². The molecule has 1 aromatic carbocycles. The lowest BCUT2D eigenvalue weighted by Gasteiger charge is -2.14. The molecule has 0 unspecified atom stereocenters. The van der Waals surface area contributed by atoms with Crippen LogP contribution in [-0.4, -0.2) is 50.7 Å². The first kappa shape index (κ1) is 20.6. The summed E-state index contributed by atoms with van der Waals surface area (Å²) < 4.78 is 5.55. The van der Waals surface area contributed by atoms with Gasteiger partial charge in [-0.05, 0) is 30.3 Å². The van der Waals surface area contributed by atoms with Gasteiger partial charge in [-0.1, -0.05) is 0 Å². The van der Waals surface area contributed by atoms with Crippen LogP contribution < -0.4 is 10.1 Å². The topological polar surface area (TPSA) is 138 Å². The summed E-state index contributed by atoms with van der Waals surface area (Å²) in [5.74, 6) is -0.998. The van der Waals surface area contributed by atoms with Crippen LogP contribution in [0.2, 0.25) is 0 Å². The third-order valence-corrected chi connectivity index (χ3v) is 4.71. The van der Waals surface area contributed by atoms with Gasteiger partial charge in [-0.3, -0.25) is 19.3 Å². The number of imide groups is 1. The fourth-order valence-corrected chi connectivity index (χ4v) is 3.08. The number of ether oxygens (including phenoxy) is 1. The van der Waals surface area contributed by atoms with Crippen molar-refractivity contribution in [2.24, 2.45) is 0 Å². The third-order valence-electron chi connectivity index (χ3n) is 4.71. The van der Waals surface area contributed by atoms with Crippen molar-refractivity contribution in [1.29, 1.82) is 5.26 Å². The fraction of sp³-hybridized carbons (Fsp3) is 0.136. The molecule has 0 radical (unpaired) electrons. The molecular weight excluding hydrogens is 412 g/mol. The molecule has 158 valence electrons. The molecule has 0 saturated carbocycles. The Morgan fingerprint density at radius 3 is 2.56 bits per heavy atom. The van der Waals surface area contributed by atoms with Gasteiger partial charge in [-0.2, -0.15) is 5.26 Å². The molecule has 3 heterocycles. The molecule has 3 aromatic rings. The summed E-state index contributed by atoms with van der Waals surface area (Å²) in [6.07, 6.45) is 5.81. The van der Waals surface area contributed by atoms with Gasteiger partial charge >= 0.3 is 0 Å². The van der Waals surface area contributed by atoms with Crippen LogP contribution in [0.3, 0.4) is 0 Å². The highest BCUT2D eigenvalue weighted by Crippen LogP contribution is 2.22. The smallest absolute Gasteiger partial charge is 0.280 e. The highest BCUT2D eigenvalue weighted by molar-refractivity contribution is 6.21. The Kier molecular flexibility index (Phi) is 5.81. The Balaban J connectivity index is 1.38. The SMILES string of the molecule is N#Cc1ccc(OCCN2C(=O)c3cc(C(=O)NCc4cncnc4)cnc3C2=O)cc1. The van der Waals surface area contributed by atoms with Gasteiger partial charge in [0.2, 0.25) is 0 Å². The van der Waals surface area contributed by atoms with Crippen LogP contribution in [0.25, 0.3) is 0 Å². The number of nitriles is 1. The molecule has 10 heteroatoms. The number of carbonyl (C=O) groups is 3. The first-order chi connectivity index (χ1) is 15.6. The molecule has 32 heavy (non-hydrogen) atoms. The van der Waals surface area contributed by atoms with E-state index in [4.69, 9.17) is 10.00 Å². The van der Waals surface area contributed by atoms with Crippen LogP contribution >= 0.6 is 0 Å². The molecule has 1 N–H and O–H groups in total. The average Bonchev–Trinajstić information content (AvgIpc) is 3.08. The minimum absolute atomic E-state index is 0.00128. The Hall–Kier alpha value is -4.65. The molecule has 3 amide bonds. The summed E-state index contributed by atoms with van der Waals surface area (Å²) in [4.78, 5) is 50.5. The van der Waals surface area contributed by atoms with Crippen LogP contribution in [0.4, 0.5) is 0 Å². The van der Waals surface area contributed by atoms with Crippen LogP contribution in [0.15, 0.2) is 55.2 Å². The van der Waals surface area contributed by atoms with E-state index < -0.39 is 17.7 Å². The molecule has 1 aliphatic rings. The van der Waals surface area contributed by atoms with Crippen LogP contribution in [-0.2, 0) is 6.54 Å². The first-order valence-electron chi connectivity index (χ1n) is 9.58. The van der Waals surface area contributed by atoms with Crippen molar-refractivity contribution >= 4 is 17.7 Å². The molecule has 2 aromatic heterocycles. The van der Waals surface area contributed by atoms with Gasteiger partial charge in [0.05, 0.1) is 29.3 Å². The predicted molar refractivity (Wildman–Crippen MR) is 109 cm³/mol. The van der Waals surface area contributed by atoms with E-state index in [1.807, 2.05) is 6.07 Å². The molecule has 0 bridgehead atoms. The molecule has 0 fully saturated rings. The number of carbonyl (C=O) groups excluding carboxylic acids is 3. The number of aromatic nitrogens is 3. The van der Waals surface area contributed by atoms with Crippen molar-refractivity contribution in [1.82, 2.24) is 25.2 Å². The van der Waals surface area contributed by atoms with Crippen molar-refractivity contribution in [2.45, 2.75) is 6.54 Å². The predicted octanol–water partition coefficient (Wildman–Crippen LogP) is 1.35. The zero-order chi connectivity index (χ0) is 22.5. The van der Waals surface area contributed by atoms with Crippen LogP contribution in [0.5, 0.6) is 5.75 Å². The number of amides is 3. The molecule has 1 aliphatic heterocycles. The summed E-state index contributed by atoms with van der Waals surface area (Å²) in [5.41, 5.74) is 1.46. The van der Waals surface area contributed by atoms with Gasteiger partial charge in [0.25, 0.3) is 17.7 Å². The van der Waals surface area contributed by atoms with Crippen molar-refractivity contribution in [2.75, 3.05) is 13.2 Å². The summed E-state index contributed by atoms with van der Waals surface area (Å²) in [7, 11) is 0. The van der Waals surface area contributed by atoms with Gasteiger partial charge in [0.15, 0.2) is 0 Å². The lowest BCUT2D eigenvalue weighted by atomic mass is 10.1. The summed E-state index contributed by atoms with van der Waals surface area (Å²) in [6.45, 7) is 0.301. The number of benzene rings is 1. The number of pyridine rings is 1. The second-order valence-electron chi connectivity index (χ2n) is 6.80. The highest BCUT2D eigenvalue weighted by atomic mass is 16.5. The number of fused-ring (bicyclic) bond motifs is 1. The summed E-state index contributed by atoms with van der Waals surface area (Å²) in [6, 6.07) is 9.86. The molecule has 0 saturated heterocycles. The second-order valence-corrected chi connectivity index (χ2v) is 6.80. The van der Waals surface area contributed by atoms with E-state index in [0.29, 0.717) is 11.3 Å². The van der Waals surface area contributed by atoms with Crippen LogP contribution in [0, 0.1) is 11.3 Å². The van der Waals surface area contributed by atoms with E-state index in [0.717, 1.165) is 10.5 Å². The molecule has 0 atom stereocenters. The van der Waals surface area contributed by atoms with E-state index >= 15 is 0 Å².